The van der Waals surface area contributed by atoms with Crippen molar-refractivity contribution in [3.8, 4) is 17.2 Å². The lowest BCUT2D eigenvalue weighted by atomic mass is 10.0. The quantitative estimate of drug-likeness (QED) is 0.454. The molecule has 0 heterocycles. The summed E-state index contributed by atoms with van der Waals surface area (Å²) in [6, 6.07) is 20.2. The van der Waals surface area contributed by atoms with Crippen molar-refractivity contribution in [2.75, 3.05) is 28.4 Å². The standard InChI is InChI=1S/C26H27NO6/c1-30-21-13-10-19(11-14-21)25(28)27(17-20-12-15-22(31-2)16-23(20)32-3)24(26(29)33-4)18-8-6-5-7-9-18/h5-16,24H,17H2,1-4H3/t24-/m0/s1. The first-order valence-corrected chi connectivity index (χ1v) is 10.3. The molecule has 0 spiro atoms. The number of ether oxygens (including phenoxy) is 4. The number of rotatable bonds is 9. The molecule has 1 atom stereocenters. The number of carbonyl (C=O) groups is 2. The minimum atomic E-state index is -0.961. The van der Waals surface area contributed by atoms with Gasteiger partial charge in [0.05, 0.1) is 35.0 Å². The van der Waals surface area contributed by atoms with Crippen molar-refractivity contribution in [1.29, 1.82) is 0 Å². The Hall–Kier alpha value is -4.00. The third-order valence-corrected chi connectivity index (χ3v) is 5.28. The molecule has 0 aliphatic rings. The maximum atomic E-state index is 13.7. The van der Waals surface area contributed by atoms with E-state index in [4.69, 9.17) is 18.9 Å². The molecule has 0 bridgehead atoms. The number of hydrogen-bond acceptors (Lipinski definition) is 6. The second-order valence-corrected chi connectivity index (χ2v) is 7.18. The highest BCUT2D eigenvalue weighted by Gasteiger charge is 2.33. The predicted molar refractivity (Wildman–Crippen MR) is 124 cm³/mol. The van der Waals surface area contributed by atoms with Crippen molar-refractivity contribution in [3.05, 3.63) is 89.5 Å². The highest BCUT2D eigenvalue weighted by molar-refractivity contribution is 5.97. The Morgan fingerprint density at radius 1 is 0.788 bits per heavy atom. The number of nitrogens with zero attached hydrogens (tertiary/aromatic N) is 1. The summed E-state index contributed by atoms with van der Waals surface area (Å²) < 4.78 is 21.1. The number of hydrogen-bond donors (Lipinski definition) is 0. The van der Waals surface area contributed by atoms with Gasteiger partial charge in [0.15, 0.2) is 6.04 Å². The number of amides is 1. The summed E-state index contributed by atoms with van der Waals surface area (Å²) in [4.78, 5) is 28.1. The van der Waals surface area contributed by atoms with Crippen molar-refractivity contribution >= 4 is 11.9 Å². The minimum Gasteiger partial charge on any atom is -0.497 e. The fourth-order valence-corrected chi connectivity index (χ4v) is 3.54. The lowest BCUT2D eigenvalue weighted by Gasteiger charge is -2.31. The van der Waals surface area contributed by atoms with E-state index < -0.39 is 12.0 Å². The van der Waals surface area contributed by atoms with Gasteiger partial charge in [-0.15, -0.1) is 0 Å². The summed E-state index contributed by atoms with van der Waals surface area (Å²) in [5, 5.41) is 0. The van der Waals surface area contributed by atoms with Crippen LogP contribution in [-0.2, 0) is 16.1 Å². The molecule has 0 N–H and O–H groups in total. The van der Waals surface area contributed by atoms with Crippen LogP contribution in [0.3, 0.4) is 0 Å². The van der Waals surface area contributed by atoms with Crippen LogP contribution >= 0.6 is 0 Å². The highest BCUT2D eigenvalue weighted by Crippen LogP contribution is 2.31. The molecule has 0 saturated heterocycles. The van der Waals surface area contributed by atoms with Gasteiger partial charge in [0.25, 0.3) is 5.91 Å². The van der Waals surface area contributed by atoms with Gasteiger partial charge in [-0.2, -0.15) is 0 Å². The van der Waals surface area contributed by atoms with E-state index in [0.717, 1.165) is 0 Å². The number of esters is 1. The minimum absolute atomic E-state index is 0.104. The molecule has 172 valence electrons. The van der Waals surface area contributed by atoms with E-state index in [1.807, 2.05) is 24.3 Å². The fourth-order valence-electron chi connectivity index (χ4n) is 3.54. The molecule has 0 fully saturated rings. The molecule has 7 nitrogen and oxygen atoms in total. The predicted octanol–water partition coefficient (Wildman–Crippen LogP) is 4.27. The second kappa shape index (κ2) is 11.0. The van der Waals surface area contributed by atoms with Crippen LogP contribution in [0.4, 0.5) is 0 Å². The normalized spacial score (nSPS) is 11.3. The van der Waals surface area contributed by atoms with Crippen molar-refractivity contribution in [2.45, 2.75) is 12.6 Å². The Labute approximate surface area is 193 Å². The maximum Gasteiger partial charge on any atom is 0.333 e. The zero-order valence-electron chi connectivity index (χ0n) is 19.1. The summed E-state index contributed by atoms with van der Waals surface area (Å²) >= 11 is 0. The SMILES string of the molecule is COC(=O)[C@H](c1ccccc1)N(Cc1ccc(OC)cc1OC)C(=O)c1ccc(OC)cc1. The summed E-state index contributed by atoms with van der Waals surface area (Å²) in [5.41, 5.74) is 1.76. The van der Waals surface area contributed by atoms with Gasteiger partial charge >= 0.3 is 5.97 Å². The van der Waals surface area contributed by atoms with Gasteiger partial charge in [0.2, 0.25) is 0 Å². The summed E-state index contributed by atoms with van der Waals surface area (Å²) in [6.45, 7) is 0.104. The van der Waals surface area contributed by atoms with Crippen LogP contribution in [0, 0.1) is 0 Å². The third-order valence-electron chi connectivity index (χ3n) is 5.28. The zero-order valence-corrected chi connectivity index (χ0v) is 19.1. The van der Waals surface area contributed by atoms with Crippen LogP contribution in [0.1, 0.15) is 27.5 Å². The summed E-state index contributed by atoms with van der Waals surface area (Å²) in [5.74, 6) is 0.905. The molecular weight excluding hydrogens is 422 g/mol. The third kappa shape index (κ3) is 5.44. The van der Waals surface area contributed by atoms with E-state index in [9.17, 15) is 9.59 Å². The summed E-state index contributed by atoms with van der Waals surface area (Å²) in [6.07, 6.45) is 0. The first kappa shape index (κ1) is 23.7. The Morgan fingerprint density at radius 3 is 2.00 bits per heavy atom. The average molecular weight is 450 g/mol. The first-order valence-electron chi connectivity index (χ1n) is 10.3. The molecule has 3 aromatic rings. The van der Waals surface area contributed by atoms with Crippen molar-refractivity contribution in [3.63, 3.8) is 0 Å². The number of methoxy groups -OCH3 is 4. The Bertz CT molecular complexity index is 1080. The van der Waals surface area contributed by atoms with E-state index in [1.165, 1.54) is 12.0 Å². The monoisotopic (exact) mass is 449 g/mol. The fraction of sp³-hybridized carbons (Fsp3) is 0.231. The molecule has 3 aromatic carbocycles. The van der Waals surface area contributed by atoms with Crippen LogP contribution in [0.15, 0.2) is 72.8 Å². The van der Waals surface area contributed by atoms with Crippen molar-refractivity contribution in [1.82, 2.24) is 4.90 Å². The Morgan fingerprint density at radius 2 is 1.42 bits per heavy atom. The average Bonchev–Trinajstić information content (AvgIpc) is 2.88. The molecule has 0 aromatic heterocycles. The lowest BCUT2D eigenvalue weighted by Crippen LogP contribution is -2.39. The van der Waals surface area contributed by atoms with E-state index >= 15 is 0 Å². The van der Waals surface area contributed by atoms with Gasteiger partial charge in [0.1, 0.15) is 17.2 Å². The van der Waals surface area contributed by atoms with Crippen LogP contribution in [0.5, 0.6) is 17.2 Å². The lowest BCUT2D eigenvalue weighted by molar-refractivity contribution is -0.146. The van der Waals surface area contributed by atoms with Gasteiger partial charge in [-0.05, 0) is 42.0 Å². The zero-order chi connectivity index (χ0) is 23.8. The molecule has 0 unspecified atom stereocenters. The Balaban J connectivity index is 2.10. The Kier molecular flexibility index (Phi) is 7.91. The smallest absolute Gasteiger partial charge is 0.333 e. The van der Waals surface area contributed by atoms with Gasteiger partial charge in [-0.3, -0.25) is 4.79 Å². The molecule has 1 amide bonds. The van der Waals surface area contributed by atoms with E-state index in [2.05, 4.69) is 0 Å². The molecular formula is C26H27NO6. The largest absolute Gasteiger partial charge is 0.497 e. The highest BCUT2D eigenvalue weighted by atomic mass is 16.5. The van der Waals surface area contributed by atoms with Crippen LogP contribution in [0.25, 0.3) is 0 Å². The molecule has 0 aliphatic carbocycles. The molecule has 33 heavy (non-hydrogen) atoms. The van der Waals surface area contributed by atoms with E-state index in [1.54, 1.807) is 69.9 Å². The van der Waals surface area contributed by atoms with E-state index in [-0.39, 0.29) is 12.5 Å². The van der Waals surface area contributed by atoms with Crippen molar-refractivity contribution < 1.29 is 28.5 Å². The topological polar surface area (TPSA) is 74.3 Å². The number of benzene rings is 3. The van der Waals surface area contributed by atoms with Gasteiger partial charge in [-0.25, -0.2) is 4.79 Å². The molecule has 0 saturated carbocycles. The van der Waals surface area contributed by atoms with Gasteiger partial charge < -0.3 is 23.8 Å². The molecule has 0 aliphatic heterocycles. The first-order chi connectivity index (χ1) is 16.0. The maximum absolute atomic E-state index is 13.7. The molecule has 7 heteroatoms. The van der Waals surface area contributed by atoms with Crippen LogP contribution in [-0.4, -0.2) is 45.2 Å². The van der Waals surface area contributed by atoms with Gasteiger partial charge in [0, 0.05) is 17.2 Å². The van der Waals surface area contributed by atoms with Gasteiger partial charge in [-0.1, -0.05) is 30.3 Å². The molecule has 0 radical (unpaired) electrons. The van der Waals surface area contributed by atoms with Crippen molar-refractivity contribution in [2.24, 2.45) is 0 Å². The second-order valence-electron chi connectivity index (χ2n) is 7.18. The number of carbonyl (C=O) groups excluding carboxylic acids is 2. The molecule has 3 rings (SSSR count). The van der Waals surface area contributed by atoms with Crippen LogP contribution < -0.4 is 14.2 Å². The summed E-state index contributed by atoms with van der Waals surface area (Å²) in [7, 11) is 5.98. The van der Waals surface area contributed by atoms with E-state index in [0.29, 0.717) is 33.9 Å². The van der Waals surface area contributed by atoms with Crippen LogP contribution in [0.2, 0.25) is 0 Å².